The molecule has 0 heterocycles. The normalized spacial score (nSPS) is 15.0. The molecular weight excluding hydrogens is 103 g/mol. The molecule has 5 heavy (non-hydrogen) atoms. The van der Waals surface area contributed by atoms with E-state index in [-0.39, 0.29) is 5.44 Å². The lowest BCUT2D eigenvalue weighted by molar-refractivity contribution is 0.285. The first-order valence-electron chi connectivity index (χ1n) is 1.31. The maximum atomic E-state index is 8.30. The quantitative estimate of drug-likeness (QED) is 0.399. The van der Waals surface area contributed by atoms with Crippen LogP contribution in [-0.2, 0) is 0 Å². The first-order valence-corrected chi connectivity index (χ1v) is 3.66. The number of aliphatic hydroxyl groups is 1. The smallest absolute Gasteiger partial charge is 0.0999 e. The second kappa shape index (κ2) is 2.95. The minimum absolute atomic E-state index is 0.236. The van der Waals surface area contributed by atoms with Crippen LogP contribution in [0.15, 0.2) is 0 Å². The minimum Gasteiger partial charge on any atom is -0.382 e. The Kier molecular flexibility index (Phi) is 3.39. The highest BCUT2D eigenvalue weighted by atomic mass is 32.7. The SMILES string of the molecule is CC(O)SP. The Bertz CT molecular complexity index is 23.6. The first-order chi connectivity index (χ1) is 2.27. The van der Waals surface area contributed by atoms with E-state index < -0.39 is 0 Å². The Balaban J connectivity index is 2.54. The van der Waals surface area contributed by atoms with E-state index in [2.05, 4.69) is 8.44 Å². The van der Waals surface area contributed by atoms with Gasteiger partial charge in [-0.1, -0.05) is 8.44 Å². The zero-order valence-corrected chi connectivity index (χ0v) is 4.98. The van der Waals surface area contributed by atoms with Crippen LogP contribution in [0, 0.1) is 0 Å². The van der Waals surface area contributed by atoms with Crippen LogP contribution in [-0.4, -0.2) is 10.5 Å². The van der Waals surface area contributed by atoms with Crippen molar-refractivity contribution in [3.63, 3.8) is 0 Å². The molecule has 0 bridgehead atoms. The van der Waals surface area contributed by atoms with Crippen molar-refractivity contribution < 1.29 is 5.11 Å². The fourth-order valence-electron chi connectivity index (χ4n) is 0. The number of rotatable bonds is 1. The lowest BCUT2D eigenvalue weighted by Gasteiger charge is -1.90. The van der Waals surface area contributed by atoms with Gasteiger partial charge in [-0.25, -0.2) is 0 Å². The van der Waals surface area contributed by atoms with Crippen molar-refractivity contribution in [2.24, 2.45) is 0 Å². The molecule has 0 fully saturated rings. The van der Waals surface area contributed by atoms with E-state index in [4.69, 9.17) is 5.11 Å². The predicted octanol–water partition coefficient (Wildman–Crippen LogP) is 0.848. The van der Waals surface area contributed by atoms with Crippen LogP contribution in [0.25, 0.3) is 0 Å². The highest BCUT2D eigenvalue weighted by Gasteiger charge is 1.82. The Morgan fingerprint density at radius 3 is 2.20 bits per heavy atom. The second-order valence-corrected chi connectivity index (χ2v) is 2.51. The van der Waals surface area contributed by atoms with Gasteiger partial charge in [0.05, 0.1) is 5.44 Å². The number of aliphatic hydroxyl groups excluding tert-OH is 1. The van der Waals surface area contributed by atoms with E-state index in [1.165, 1.54) is 11.4 Å². The van der Waals surface area contributed by atoms with E-state index in [1.807, 2.05) is 0 Å². The van der Waals surface area contributed by atoms with Gasteiger partial charge in [-0.2, -0.15) is 0 Å². The predicted molar refractivity (Wildman–Crippen MR) is 29.0 cm³/mol. The third-order valence-electron chi connectivity index (χ3n) is 0.197. The molecule has 0 aromatic carbocycles. The summed E-state index contributed by atoms with van der Waals surface area (Å²) < 4.78 is 0. The standard InChI is InChI=1S/C2H7OPS/c1-2(3)5-4/h2-3H,4H2,1H3. The lowest BCUT2D eigenvalue weighted by Crippen LogP contribution is -1.83. The van der Waals surface area contributed by atoms with Crippen molar-refractivity contribution in [2.45, 2.75) is 12.4 Å². The molecule has 0 aliphatic heterocycles. The molecule has 0 aliphatic rings. The fourth-order valence-corrected chi connectivity index (χ4v) is 0. The van der Waals surface area contributed by atoms with Crippen LogP contribution in [0.2, 0.25) is 0 Å². The molecule has 1 N–H and O–H groups in total. The summed E-state index contributed by atoms with van der Waals surface area (Å²) in [7, 11) is 2.36. The average Bonchev–Trinajstić information content (AvgIpc) is 1.38. The molecule has 3 heteroatoms. The Hall–Kier alpha value is 0.740. The zero-order chi connectivity index (χ0) is 4.28. The minimum atomic E-state index is -0.236. The summed E-state index contributed by atoms with van der Waals surface area (Å²) in [5.41, 5.74) is -0.236. The molecule has 32 valence electrons. The molecule has 0 rings (SSSR count). The molecule has 0 aliphatic carbocycles. The molecule has 2 unspecified atom stereocenters. The molecule has 1 nitrogen and oxygen atoms in total. The van der Waals surface area contributed by atoms with Gasteiger partial charge in [0.1, 0.15) is 0 Å². The van der Waals surface area contributed by atoms with Crippen molar-refractivity contribution in [1.29, 1.82) is 0 Å². The zero-order valence-electron chi connectivity index (χ0n) is 3.01. The van der Waals surface area contributed by atoms with Gasteiger partial charge in [0, 0.05) is 0 Å². The Labute approximate surface area is 38.1 Å². The van der Waals surface area contributed by atoms with Gasteiger partial charge in [-0.15, -0.1) is 11.4 Å². The van der Waals surface area contributed by atoms with Crippen molar-refractivity contribution in [1.82, 2.24) is 0 Å². The van der Waals surface area contributed by atoms with Crippen LogP contribution in [0.4, 0.5) is 0 Å². The van der Waals surface area contributed by atoms with Crippen LogP contribution in [0.5, 0.6) is 0 Å². The summed E-state index contributed by atoms with van der Waals surface area (Å²) >= 11 is 1.35. The molecule has 0 saturated heterocycles. The van der Waals surface area contributed by atoms with Crippen LogP contribution >= 0.6 is 19.8 Å². The molecule has 0 aromatic heterocycles. The summed E-state index contributed by atoms with van der Waals surface area (Å²) in [4.78, 5) is 0. The van der Waals surface area contributed by atoms with Crippen molar-refractivity contribution in [3.8, 4) is 0 Å². The fraction of sp³-hybridized carbons (Fsp3) is 1.00. The molecule has 0 saturated carbocycles. The molecule has 0 amide bonds. The Morgan fingerprint density at radius 2 is 2.20 bits per heavy atom. The summed E-state index contributed by atoms with van der Waals surface area (Å²) in [6.07, 6.45) is 0. The molecule has 0 radical (unpaired) electrons. The highest BCUT2D eigenvalue weighted by molar-refractivity contribution is 8.44. The molecule has 2 atom stereocenters. The largest absolute Gasteiger partial charge is 0.382 e. The molecular formula is C2H7OPS. The van der Waals surface area contributed by atoms with Crippen LogP contribution in [0.3, 0.4) is 0 Å². The van der Waals surface area contributed by atoms with Crippen molar-refractivity contribution in [2.75, 3.05) is 0 Å². The highest BCUT2D eigenvalue weighted by Crippen LogP contribution is 2.14. The second-order valence-electron chi connectivity index (χ2n) is 0.735. The van der Waals surface area contributed by atoms with Crippen molar-refractivity contribution in [3.05, 3.63) is 0 Å². The van der Waals surface area contributed by atoms with Crippen molar-refractivity contribution >= 4 is 19.8 Å². The van der Waals surface area contributed by atoms with Gasteiger partial charge in [0.15, 0.2) is 0 Å². The third kappa shape index (κ3) is 4.74. The van der Waals surface area contributed by atoms with E-state index in [0.717, 1.165) is 0 Å². The van der Waals surface area contributed by atoms with E-state index >= 15 is 0 Å². The lowest BCUT2D eigenvalue weighted by atomic mass is 10.9. The van der Waals surface area contributed by atoms with Gasteiger partial charge in [0.2, 0.25) is 0 Å². The summed E-state index contributed by atoms with van der Waals surface area (Å²) in [5, 5.41) is 8.30. The number of hydrogen-bond donors (Lipinski definition) is 1. The van der Waals surface area contributed by atoms with Gasteiger partial charge >= 0.3 is 0 Å². The van der Waals surface area contributed by atoms with Gasteiger partial charge < -0.3 is 5.11 Å². The van der Waals surface area contributed by atoms with Crippen LogP contribution < -0.4 is 0 Å². The summed E-state index contributed by atoms with van der Waals surface area (Å²) in [6, 6.07) is 0. The Morgan fingerprint density at radius 1 is 2.00 bits per heavy atom. The van der Waals surface area contributed by atoms with Gasteiger partial charge in [0.25, 0.3) is 0 Å². The van der Waals surface area contributed by atoms with Gasteiger partial charge in [-0.05, 0) is 6.92 Å². The average molecular weight is 110 g/mol. The topological polar surface area (TPSA) is 20.2 Å². The first kappa shape index (κ1) is 5.74. The van der Waals surface area contributed by atoms with Gasteiger partial charge in [-0.3, -0.25) is 0 Å². The summed E-state index contributed by atoms with van der Waals surface area (Å²) in [6.45, 7) is 1.72. The van der Waals surface area contributed by atoms with E-state index in [1.54, 1.807) is 6.92 Å². The summed E-state index contributed by atoms with van der Waals surface area (Å²) in [5.74, 6) is 0. The van der Waals surface area contributed by atoms with E-state index in [9.17, 15) is 0 Å². The molecule has 0 spiro atoms. The monoisotopic (exact) mass is 110 g/mol. The van der Waals surface area contributed by atoms with Crippen LogP contribution in [0.1, 0.15) is 6.92 Å². The molecule has 0 aromatic rings. The number of hydrogen-bond acceptors (Lipinski definition) is 2. The maximum Gasteiger partial charge on any atom is 0.0999 e. The third-order valence-corrected chi connectivity index (χ3v) is 1.77. The maximum absolute atomic E-state index is 8.30. The van der Waals surface area contributed by atoms with E-state index in [0.29, 0.717) is 0 Å².